The standard InChI is InChI=1S/C21H20IN3O2/c1-13-5-8-20(21(9-13)25(26)27)23-12-17-11-15(3)24(16(17)4)18-6-7-19(22)14(2)10-18/h5-12H,1-4H3. The molecule has 0 atom stereocenters. The molecule has 0 radical (unpaired) electrons. The molecule has 0 aliphatic carbocycles. The molecule has 1 aromatic heterocycles. The molecule has 3 aromatic rings. The molecule has 0 bridgehead atoms. The number of benzene rings is 2. The fourth-order valence-corrected chi connectivity index (χ4v) is 3.45. The molecule has 5 nitrogen and oxygen atoms in total. The molecular formula is C21H20IN3O2. The van der Waals surface area contributed by atoms with Crippen LogP contribution in [0.3, 0.4) is 0 Å². The van der Waals surface area contributed by atoms with Crippen LogP contribution >= 0.6 is 22.6 Å². The Morgan fingerprint density at radius 1 is 1.07 bits per heavy atom. The number of aromatic nitrogens is 1. The molecule has 3 rings (SSSR count). The summed E-state index contributed by atoms with van der Waals surface area (Å²) in [5, 5.41) is 11.3. The predicted octanol–water partition coefficient (Wildman–Crippen LogP) is 5.97. The zero-order valence-electron chi connectivity index (χ0n) is 15.7. The van der Waals surface area contributed by atoms with Gasteiger partial charge in [-0.1, -0.05) is 6.07 Å². The Hall–Kier alpha value is -2.48. The van der Waals surface area contributed by atoms with Crippen molar-refractivity contribution in [3.05, 3.63) is 84.2 Å². The number of aryl methyl sites for hydroxylation is 3. The average Bonchev–Trinajstić information content (AvgIpc) is 2.90. The summed E-state index contributed by atoms with van der Waals surface area (Å²) in [4.78, 5) is 15.3. The van der Waals surface area contributed by atoms with Crippen LogP contribution in [0.15, 0.2) is 47.5 Å². The molecule has 2 aromatic carbocycles. The summed E-state index contributed by atoms with van der Waals surface area (Å²) in [5.41, 5.74) is 6.63. The molecule has 0 amide bonds. The molecule has 138 valence electrons. The van der Waals surface area contributed by atoms with Crippen LogP contribution in [-0.4, -0.2) is 15.7 Å². The van der Waals surface area contributed by atoms with Gasteiger partial charge in [-0.15, -0.1) is 0 Å². The molecule has 0 saturated heterocycles. The van der Waals surface area contributed by atoms with Crippen molar-refractivity contribution >= 4 is 40.2 Å². The molecule has 0 aliphatic rings. The molecule has 0 spiro atoms. The van der Waals surface area contributed by atoms with E-state index in [9.17, 15) is 10.1 Å². The van der Waals surface area contributed by atoms with Crippen LogP contribution in [0.4, 0.5) is 11.4 Å². The number of nitro groups is 1. The maximum Gasteiger partial charge on any atom is 0.295 e. The number of hydrogen-bond donors (Lipinski definition) is 0. The number of nitrogens with zero attached hydrogens (tertiary/aromatic N) is 3. The molecule has 1 heterocycles. The van der Waals surface area contributed by atoms with Crippen LogP contribution in [0.25, 0.3) is 5.69 Å². The molecule has 0 unspecified atom stereocenters. The topological polar surface area (TPSA) is 60.4 Å². The van der Waals surface area contributed by atoms with Crippen molar-refractivity contribution in [1.29, 1.82) is 0 Å². The van der Waals surface area contributed by atoms with Crippen molar-refractivity contribution in [2.75, 3.05) is 0 Å². The molecule has 0 aliphatic heterocycles. The third kappa shape index (κ3) is 3.95. The van der Waals surface area contributed by atoms with Gasteiger partial charge >= 0.3 is 0 Å². The van der Waals surface area contributed by atoms with Crippen molar-refractivity contribution < 1.29 is 4.92 Å². The summed E-state index contributed by atoms with van der Waals surface area (Å²) in [7, 11) is 0. The lowest BCUT2D eigenvalue weighted by Gasteiger charge is -2.11. The summed E-state index contributed by atoms with van der Waals surface area (Å²) in [6, 6.07) is 13.5. The Morgan fingerprint density at radius 3 is 2.48 bits per heavy atom. The monoisotopic (exact) mass is 473 g/mol. The minimum atomic E-state index is -0.392. The number of nitro benzene ring substituents is 1. The normalized spacial score (nSPS) is 11.3. The summed E-state index contributed by atoms with van der Waals surface area (Å²) in [5.74, 6) is 0. The van der Waals surface area contributed by atoms with Crippen LogP contribution in [0, 0.1) is 41.4 Å². The highest BCUT2D eigenvalue weighted by atomic mass is 127. The van der Waals surface area contributed by atoms with E-state index in [0.717, 1.165) is 28.2 Å². The lowest BCUT2D eigenvalue weighted by atomic mass is 10.2. The highest BCUT2D eigenvalue weighted by Crippen LogP contribution is 2.29. The summed E-state index contributed by atoms with van der Waals surface area (Å²) >= 11 is 2.33. The summed E-state index contributed by atoms with van der Waals surface area (Å²) < 4.78 is 3.40. The first kappa shape index (κ1) is 19.3. The lowest BCUT2D eigenvalue weighted by molar-refractivity contribution is -0.384. The Kier molecular flexibility index (Phi) is 5.46. The zero-order chi connectivity index (χ0) is 19.7. The van der Waals surface area contributed by atoms with Gasteiger partial charge in [0.05, 0.1) is 4.92 Å². The van der Waals surface area contributed by atoms with Crippen molar-refractivity contribution in [3.63, 3.8) is 0 Å². The first-order chi connectivity index (χ1) is 12.8. The van der Waals surface area contributed by atoms with E-state index in [-0.39, 0.29) is 5.69 Å². The van der Waals surface area contributed by atoms with E-state index in [1.165, 1.54) is 9.13 Å². The van der Waals surface area contributed by atoms with Crippen LogP contribution in [0.1, 0.15) is 28.1 Å². The number of halogens is 1. The van der Waals surface area contributed by atoms with Gasteiger partial charge in [0.15, 0.2) is 0 Å². The Labute approximate surface area is 172 Å². The highest BCUT2D eigenvalue weighted by Gasteiger charge is 2.14. The van der Waals surface area contributed by atoms with Crippen LogP contribution in [0.2, 0.25) is 0 Å². The minimum absolute atomic E-state index is 0.0216. The van der Waals surface area contributed by atoms with E-state index in [4.69, 9.17) is 0 Å². The Balaban J connectivity index is 2.02. The van der Waals surface area contributed by atoms with E-state index in [1.54, 1.807) is 18.3 Å². The number of hydrogen-bond acceptors (Lipinski definition) is 3. The molecule has 27 heavy (non-hydrogen) atoms. The lowest BCUT2D eigenvalue weighted by Crippen LogP contribution is -2.00. The largest absolute Gasteiger partial charge is 0.318 e. The van der Waals surface area contributed by atoms with E-state index in [0.29, 0.717) is 5.69 Å². The van der Waals surface area contributed by atoms with Gasteiger partial charge in [-0.2, -0.15) is 0 Å². The Morgan fingerprint density at radius 2 is 1.81 bits per heavy atom. The van der Waals surface area contributed by atoms with Gasteiger partial charge in [0, 0.05) is 38.5 Å². The zero-order valence-corrected chi connectivity index (χ0v) is 17.8. The molecule has 0 saturated carbocycles. The van der Waals surface area contributed by atoms with Crippen molar-refractivity contribution in [2.45, 2.75) is 27.7 Å². The smallest absolute Gasteiger partial charge is 0.295 e. The summed E-state index contributed by atoms with van der Waals surface area (Å²) in [6.07, 6.45) is 1.70. The third-order valence-electron chi connectivity index (χ3n) is 4.54. The maximum absolute atomic E-state index is 11.3. The van der Waals surface area contributed by atoms with Crippen molar-refractivity contribution in [1.82, 2.24) is 4.57 Å². The van der Waals surface area contributed by atoms with Gasteiger partial charge in [0.2, 0.25) is 0 Å². The van der Waals surface area contributed by atoms with E-state index < -0.39 is 4.92 Å². The second-order valence-corrected chi connectivity index (χ2v) is 7.77. The predicted molar refractivity (Wildman–Crippen MR) is 118 cm³/mol. The van der Waals surface area contributed by atoms with Crippen LogP contribution in [0.5, 0.6) is 0 Å². The number of rotatable bonds is 4. The fraction of sp³-hybridized carbons (Fsp3) is 0.190. The van der Waals surface area contributed by atoms with E-state index in [2.05, 4.69) is 57.3 Å². The van der Waals surface area contributed by atoms with Gasteiger partial charge in [0.1, 0.15) is 5.69 Å². The van der Waals surface area contributed by atoms with Gasteiger partial charge in [-0.3, -0.25) is 10.1 Å². The van der Waals surface area contributed by atoms with Crippen LogP contribution in [-0.2, 0) is 0 Å². The van der Waals surface area contributed by atoms with Gasteiger partial charge in [0.25, 0.3) is 5.69 Å². The molecular weight excluding hydrogens is 453 g/mol. The third-order valence-corrected chi connectivity index (χ3v) is 5.75. The minimum Gasteiger partial charge on any atom is -0.318 e. The first-order valence-corrected chi connectivity index (χ1v) is 9.60. The van der Waals surface area contributed by atoms with Gasteiger partial charge in [-0.25, -0.2) is 4.99 Å². The molecule has 0 N–H and O–H groups in total. The van der Waals surface area contributed by atoms with E-state index in [1.807, 2.05) is 32.9 Å². The average molecular weight is 473 g/mol. The maximum atomic E-state index is 11.3. The SMILES string of the molecule is Cc1ccc(N=Cc2cc(C)n(-c3ccc(I)c(C)c3)c2C)c([N+](=O)[O-])c1. The second kappa shape index (κ2) is 7.64. The second-order valence-electron chi connectivity index (χ2n) is 6.60. The highest BCUT2D eigenvalue weighted by molar-refractivity contribution is 14.1. The molecule has 0 fully saturated rings. The van der Waals surface area contributed by atoms with E-state index >= 15 is 0 Å². The Bertz CT molecular complexity index is 1070. The van der Waals surface area contributed by atoms with Crippen molar-refractivity contribution in [2.24, 2.45) is 4.99 Å². The first-order valence-electron chi connectivity index (χ1n) is 8.52. The molecule has 6 heteroatoms. The van der Waals surface area contributed by atoms with Crippen molar-refractivity contribution in [3.8, 4) is 5.69 Å². The fourth-order valence-electron chi connectivity index (χ4n) is 3.11. The van der Waals surface area contributed by atoms with Gasteiger partial charge < -0.3 is 4.57 Å². The number of aliphatic imine (C=N–C) groups is 1. The quantitative estimate of drug-likeness (QED) is 0.203. The van der Waals surface area contributed by atoms with Crippen LogP contribution < -0.4 is 0 Å². The summed E-state index contributed by atoms with van der Waals surface area (Å²) in [6.45, 7) is 8.01. The van der Waals surface area contributed by atoms with Gasteiger partial charge in [-0.05, 0) is 91.7 Å².